The van der Waals surface area contributed by atoms with Gasteiger partial charge in [-0.05, 0) is 20.8 Å². The Morgan fingerprint density at radius 3 is 2.79 bits per heavy atom. The van der Waals surface area contributed by atoms with Crippen LogP contribution in [0.1, 0.15) is 27.2 Å². The maximum absolute atomic E-state index is 12.0. The highest BCUT2D eigenvalue weighted by molar-refractivity contribution is 5.98. The van der Waals surface area contributed by atoms with Crippen LogP contribution < -0.4 is 16.4 Å². The largest absolute Gasteiger partial charge is 0.444 e. The highest BCUT2D eigenvalue weighted by atomic mass is 16.6. The van der Waals surface area contributed by atoms with Gasteiger partial charge in [0.2, 0.25) is 0 Å². The first-order valence-corrected chi connectivity index (χ1v) is 7.66. The van der Waals surface area contributed by atoms with Crippen molar-refractivity contribution in [2.24, 2.45) is 10.9 Å². The molecule has 2 saturated heterocycles. The Labute approximate surface area is 139 Å². The molecule has 0 aromatic heterocycles. The van der Waals surface area contributed by atoms with Gasteiger partial charge in [-0.3, -0.25) is 4.79 Å². The molecular weight excluding hydrogens is 318 g/mol. The normalized spacial score (nSPS) is 24.5. The van der Waals surface area contributed by atoms with Crippen LogP contribution >= 0.6 is 0 Å². The van der Waals surface area contributed by atoms with Gasteiger partial charge in [-0.15, -0.1) is 0 Å². The Balaban J connectivity index is 1.95. The topological polar surface area (TPSA) is 135 Å². The van der Waals surface area contributed by atoms with Crippen molar-refractivity contribution in [1.82, 2.24) is 15.5 Å². The second-order valence-corrected chi connectivity index (χ2v) is 6.72. The summed E-state index contributed by atoms with van der Waals surface area (Å²) in [6, 6.07) is -0.758. The van der Waals surface area contributed by atoms with Gasteiger partial charge in [0.25, 0.3) is 5.91 Å². The number of carbonyl (C=O) groups excluding carboxylic acids is 3. The maximum atomic E-state index is 12.0. The number of primary amides is 1. The number of carbonyl (C=O) groups is 3. The zero-order valence-corrected chi connectivity index (χ0v) is 14.0. The Bertz CT molecular complexity index is 556. The van der Waals surface area contributed by atoms with Crippen LogP contribution in [0.4, 0.5) is 9.59 Å². The van der Waals surface area contributed by atoms with Gasteiger partial charge in [0.05, 0.1) is 17.8 Å². The van der Waals surface area contributed by atoms with Gasteiger partial charge in [0.1, 0.15) is 5.60 Å². The van der Waals surface area contributed by atoms with Crippen LogP contribution in [0.5, 0.6) is 0 Å². The molecule has 0 radical (unpaired) electrons. The van der Waals surface area contributed by atoms with Crippen LogP contribution in [0, 0.1) is 0 Å². The molecule has 2 aliphatic heterocycles. The van der Waals surface area contributed by atoms with E-state index in [1.165, 1.54) is 0 Å². The van der Waals surface area contributed by atoms with Crippen LogP contribution in [-0.4, -0.2) is 66.0 Å². The fraction of sp³-hybridized carbons (Fsp3) is 0.714. The summed E-state index contributed by atoms with van der Waals surface area (Å²) < 4.78 is 5.18. The van der Waals surface area contributed by atoms with Crippen molar-refractivity contribution in [3.05, 3.63) is 0 Å². The number of piperidine rings is 1. The van der Waals surface area contributed by atoms with E-state index in [0.717, 1.165) is 0 Å². The van der Waals surface area contributed by atoms with E-state index in [2.05, 4.69) is 15.8 Å². The second-order valence-electron chi connectivity index (χ2n) is 6.72. The Morgan fingerprint density at radius 1 is 1.46 bits per heavy atom. The van der Waals surface area contributed by atoms with E-state index in [1.54, 1.807) is 25.7 Å². The minimum Gasteiger partial charge on any atom is -0.444 e. The van der Waals surface area contributed by atoms with Crippen LogP contribution in [-0.2, 0) is 14.4 Å². The van der Waals surface area contributed by atoms with Crippen LogP contribution in [0.25, 0.3) is 0 Å². The van der Waals surface area contributed by atoms with E-state index < -0.39 is 17.6 Å². The van der Waals surface area contributed by atoms with E-state index in [0.29, 0.717) is 18.7 Å². The van der Waals surface area contributed by atoms with Crippen LogP contribution in [0.3, 0.4) is 0 Å². The SMILES string of the molecule is CC(C)(C)OC(=O)NC[C@@H]1C/C(=N/OCC(N)=O)[C@@H]2CN1C(=O)N2. The Hall–Kier alpha value is -2.52. The molecule has 4 amide bonds. The molecule has 134 valence electrons. The number of hydrogen-bond acceptors (Lipinski definition) is 6. The predicted octanol–water partition coefficient (Wildman–Crippen LogP) is -0.465. The van der Waals surface area contributed by atoms with Crippen molar-refractivity contribution in [2.75, 3.05) is 19.7 Å². The summed E-state index contributed by atoms with van der Waals surface area (Å²) in [6.45, 7) is 5.64. The number of nitrogens with two attached hydrogens (primary N) is 1. The summed E-state index contributed by atoms with van der Waals surface area (Å²) in [4.78, 5) is 40.9. The highest BCUT2D eigenvalue weighted by Gasteiger charge is 2.42. The first-order valence-electron chi connectivity index (χ1n) is 7.66. The molecule has 2 bridgehead atoms. The zero-order valence-electron chi connectivity index (χ0n) is 14.0. The van der Waals surface area contributed by atoms with Gasteiger partial charge < -0.3 is 30.8 Å². The molecule has 10 nitrogen and oxygen atoms in total. The second kappa shape index (κ2) is 6.93. The monoisotopic (exact) mass is 341 g/mol. The van der Waals surface area contributed by atoms with Crippen molar-refractivity contribution in [1.29, 1.82) is 0 Å². The number of alkyl carbamates (subject to hydrolysis) is 1. The van der Waals surface area contributed by atoms with Gasteiger partial charge in [-0.1, -0.05) is 5.16 Å². The first-order chi connectivity index (χ1) is 11.2. The molecule has 2 fully saturated rings. The van der Waals surface area contributed by atoms with Gasteiger partial charge in [0, 0.05) is 19.5 Å². The number of oxime groups is 1. The lowest BCUT2D eigenvalue weighted by Crippen LogP contribution is -2.50. The fourth-order valence-electron chi connectivity index (χ4n) is 2.53. The van der Waals surface area contributed by atoms with Crippen molar-refractivity contribution in [2.45, 2.75) is 44.9 Å². The molecule has 0 aliphatic carbocycles. The Morgan fingerprint density at radius 2 is 2.17 bits per heavy atom. The molecule has 2 rings (SSSR count). The molecule has 0 aromatic rings. The standard InChI is InChI=1S/C14H23N5O5/c1-14(2,3)24-13(22)16-5-8-4-9(18-23-7-11(15)20)10-6-19(8)12(21)17-10/h8,10H,4-7H2,1-3H3,(H2,15,20)(H,16,22)(H,17,21)/b18-9-/t8-,10-/m0/s1. The summed E-state index contributed by atoms with van der Waals surface area (Å²) in [5.41, 5.74) is 5.00. The highest BCUT2D eigenvalue weighted by Crippen LogP contribution is 2.21. The molecule has 0 spiro atoms. The van der Waals surface area contributed by atoms with Crippen LogP contribution in [0.15, 0.2) is 5.16 Å². The fourth-order valence-corrected chi connectivity index (χ4v) is 2.53. The maximum Gasteiger partial charge on any atom is 0.407 e. The lowest BCUT2D eigenvalue weighted by molar-refractivity contribution is -0.122. The smallest absolute Gasteiger partial charge is 0.407 e. The molecule has 0 unspecified atom stereocenters. The molecule has 10 heteroatoms. The summed E-state index contributed by atoms with van der Waals surface area (Å²) >= 11 is 0. The molecule has 0 saturated carbocycles. The van der Waals surface area contributed by atoms with Gasteiger partial charge in [-0.2, -0.15) is 0 Å². The van der Waals surface area contributed by atoms with Gasteiger partial charge in [-0.25, -0.2) is 9.59 Å². The van der Waals surface area contributed by atoms with Crippen LogP contribution in [0.2, 0.25) is 0 Å². The number of nitrogens with zero attached hydrogens (tertiary/aromatic N) is 2. The minimum atomic E-state index is -0.629. The van der Waals surface area contributed by atoms with Crippen molar-refractivity contribution < 1.29 is 24.0 Å². The van der Waals surface area contributed by atoms with Crippen molar-refractivity contribution in [3.63, 3.8) is 0 Å². The quantitative estimate of drug-likeness (QED) is 0.581. The lowest BCUT2D eigenvalue weighted by atomic mass is 9.98. The van der Waals surface area contributed by atoms with Crippen molar-refractivity contribution >= 4 is 23.7 Å². The lowest BCUT2D eigenvalue weighted by Gasteiger charge is -2.31. The minimum absolute atomic E-state index is 0.226. The molecule has 24 heavy (non-hydrogen) atoms. The Kier molecular flexibility index (Phi) is 5.15. The number of amides is 4. The molecule has 4 N–H and O–H groups in total. The number of hydrogen-bond donors (Lipinski definition) is 3. The summed E-state index contributed by atoms with van der Waals surface area (Å²) in [5.74, 6) is -0.629. The number of urea groups is 1. The molecular formula is C14H23N5O5. The number of nitrogens with one attached hydrogen (secondary N) is 2. The van der Waals surface area contributed by atoms with E-state index in [9.17, 15) is 14.4 Å². The summed E-state index contributed by atoms with van der Waals surface area (Å²) in [7, 11) is 0. The van der Waals surface area contributed by atoms with E-state index >= 15 is 0 Å². The van der Waals surface area contributed by atoms with E-state index in [-0.39, 0.29) is 31.3 Å². The molecule has 2 atom stereocenters. The molecule has 0 aromatic carbocycles. The molecule has 2 heterocycles. The van der Waals surface area contributed by atoms with E-state index in [1.807, 2.05) is 0 Å². The number of ether oxygens (including phenoxy) is 1. The third-order valence-corrected chi connectivity index (χ3v) is 3.50. The van der Waals surface area contributed by atoms with E-state index in [4.69, 9.17) is 15.3 Å². The average molecular weight is 341 g/mol. The third-order valence-electron chi connectivity index (χ3n) is 3.50. The average Bonchev–Trinajstić information content (AvgIpc) is 2.76. The number of rotatable bonds is 5. The number of fused-ring (bicyclic) bond motifs is 2. The zero-order chi connectivity index (χ0) is 17.9. The molecule has 2 aliphatic rings. The van der Waals surface area contributed by atoms with Gasteiger partial charge in [0.15, 0.2) is 6.61 Å². The summed E-state index contributed by atoms with van der Waals surface area (Å²) in [6.07, 6.45) is -0.134. The first kappa shape index (κ1) is 17.8. The summed E-state index contributed by atoms with van der Waals surface area (Å²) in [5, 5.41) is 9.33. The van der Waals surface area contributed by atoms with Crippen molar-refractivity contribution in [3.8, 4) is 0 Å². The predicted molar refractivity (Wildman–Crippen MR) is 84.2 cm³/mol. The third kappa shape index (κ3) is 4.74. The van der Waals surface area contributed by atoms with Gasteiger partial charge >= 0.3 is 12.1 Å².